The lowest BCUT2D eigenvalue weighted by atomic mass is 10.3. The minimum atomic E-state index is 0.138. The topological polar surface area (TPSA) is 103 Å². The maximum atomic E-state index is 5.81. The van der Waals surface area contributed by atoms with Gasteiger partial charge in [-0.25, -0.2) is 9.97 Å². The number of hydrogen-bond acceptors (Lipinski definition) is 6. The lowest BCUT2D eigenvalue weighted by Crippen LogP contribution is -2.04. The summed E-state index contributed by atoms with van der Waals surface area (Å²) in [7, 11) is 0. The van der Waals surface area contributed by atoms with E-state index < -0.39 is 0 Å². The molecule has 0 saturated heterocycles. The van der Waals surface area contributed by atoms with E-state index >= 15 is 0 Å². The fraction of sp³-hybridized carbons (Fsp3) is 0.188. The molecule has 0 amide bonds. The first-order chi connectivity index (χ1) is 10.6. The van der Waals surface area contributed by atoms with Crippen LogP contribution in [0.5, 0.6) is 0 Å². The average Bonchev–Trinajstić information content (AvgIpc) is 2.50. The second-order valence-corrected chi connectivity index (χ2v) is 4.01. The molecule has 0 spiro atoms. The highest BCUT2D eigenvalue weighted by Gasteiger charge is 2.06. The van der Waals surface area contributed by atoms with E-state index in [1.165, 1.54) is 0 Å². The number of nitrogens with zero attached hydrogens (tertiary/aromatic N) is 3. The second-order valence-electron chi connectivity index (χ2n) is 4.01. The molecular weight excluding hydrogens is 276 g/mol. The van der Waals surface area contributed by atoms with Crippen LogP contribution in [0.25, 0.3) is 11.0 Å². The molecule has 0 aliphatic rings. The number of rotatable bonds is 4. The van der Waals surface area contributed by atoms with Crippen molar-refractivity contribution < 1.29 is 0 Å². The van der Waals surface area contributed by atoms with Gasteiger partial charge >= 0.3 is 0 Å². The molecule has 116 valence electrons. The van der Waals surface area contributed by atoms with Crippen molar-refractivity contribution >= 4 is 28.6 Å². The van der Waals surface area contributed by atoms with Crippen LogP contribution in [0, 0.1) is 0 Å². The third-order valence-corrected chi connectivity index (χ3v) is 2.50. The number of nitrogens with one attached hydrogen (secondary N) is 1. The van der Waals surface area contributed by atoms with Gasteiger partial charge in [0.15, 0.2) is 5.82 Å². The van der Waals surface area contributed by atoms with Gasteiger partial charge in [-0.1, -0.05) is 32.6 Å². The molecule has 2 rings (SSSR count). The van der Waals surface area contributed by atoms with Gasteiger partial charge in [-0.15, -0.1) is 0 Å². The molecule has 2 aromatic rings. The lowest BCUT2D eigenvalue weighted by molar-refractivity contribution is 1.21. The first kappa shape index (κ1) is 17.2. The van der Waals surface area contributed by atoms with Gasteiger partial charge in [0.25, 0.3) is 0 Å². The predicted octanol–water partition coefficient (Wildman–Crippen LogP) is 3.27. The van der Waals surface area contributed by atoms with Crippen molar-refractivity contribution in [1.82, 2.24) is 15.0 Å². The molecule has 2 heterocycles. The molecule has 22 heavy (non-hydrogen) atoms. The zero-order valence-electron chi connectivity index (χ0n) is 13.2. The summed E-state index contributed by atoms with van der Waals surface area (Å²) >= 11 is 0. The summed E-state index contributed by atoms with van der Waals surface area (Å²) in [5.74, 6) is 1.04. The predicted molar refractivity (Wildman–Crippen MR) is 94.2 cm³/mol. The smallest absolute Gasteiger partial charge is 0.222 e. The van der Waals surface area contributed by atoms with E-state index in [2.05, 4.69) is 26.8 Å². The molecule has 0 saturated carbocycles. The lowest BCUT2D eigenvalue weighted by Gasteiger charge is -2.08. The molecule has 0 unspecified atom stereocenters. The average molecular weight is 298 g/mol. The molecule has 0 bridgehead atoms. The Labute approximate surface area is 130 Å². The summed E-state index contributed by atoms with van der Waals surface area (Å²) < 4.78 is 0. The van der Waals surface area contributed by atoms with Crippen LogP contribution in [-0.4, -0.2) is 15.0 Å². The molecule has 0 radical (unpaired) electrons. The minimum Gasteiger partial charge on any atom is -0.382 e. The summed E-state index contributed by atoms with van der Waals surface area (Å²) in [5.41, 5.74) is 13.3. The largest absolute Gasteiger partial charge is 0.382 e. The summed E-state index contributed by atoms with van der Waals surface area (Å²) in [5, 5.41) is 3.16. The quantitative estimate of drug-likeness (QED) is 0.748. The van der Waals surface area contributed by atoms with Crippen LogP contribution in [0.15, 0.2) is 48.7 Å². The van der Waals surface area contributed by atoms with E-state index in [0.717, 1.165) is 5.70 Å². The maximum absolute atomic E-state index is 5.81. The highest BCUT2D eigenvalue weighted by molar-refractivity contribution is 5.86. The zero-order chi connectivity index (χ0) is 16.5. The fourth-order valence-corrected chi connectivity index (χ4v) is 1.72. The van der Waals surface area contributed by atoms with Gasteiger partial charge in [0, 0.05) is 5.70 Å². The maximum Gasteiger partial charge on any atom is 0.222 e. The third-order valence-electron chi connectivity index (χ3n) is 2.50. The molecule has 2 aromatic heterocycles. The number of aromatic nitrogens is 3. The fourth-order valence-electron chi connectivity index (χ4n) is 1.72. The Morgan fingerprint density at radius 1 is 1.18 bits per heavy atom. The Morgan fingerprint density at radius 3 is 2.55 bits per heavy atom. The summed E-state index contributed by atoms with van der Waals surface area (Å²) in [4.78, 5) is 12.4. The van der Waals surface area contributed by atoms with E-state index in [0.29, 0.717) is 16.9 Å². The molecule has 6 heteroatoms. The second kappa shape index (κ2) is 8.41. The number of nitrogens with two attached hydrogens (primary N) is 2. The standard InChI is InChI=1S/C14H16N6.C2H6/c1-3-5-9(6-4-2)17-11-8-7-10-12(19-11)13(15)20-14(16)18-10;1-2/h3-8H,1H2,2H3,(H,17,19)(H4,15,16,18,20);1-2H3/b6-4-,9-5+;. The molecule has 0 atom stereocenters. The van der Waals surface area contributed by atoms with Crippen molar-refractivity contribution in [2.45, 2.75) is 20.8 Å². The van der Waals surface area contributed by atoms with Crippen LogP contribution in [0.1, 0.15) is 20.8 Å². The molecule has 5 N–H and O–H groups in total. The van der Waals surface area contributed by atoms with E-state index in [1.54, 1.807) is 18.2 Å². The van der Waals surface area contributed by atoms with Gasteiger partial charge in [-0.3, -0.25) is 0 Å². The number of nitrogen functional groups attached to an aromatic ring is 2. The van der Waals surface area contributed by atoms with Crippen LogP contribution >= 0.6 is 0 Å². The molecule has 0 aliphatic carbocycles. The van der Waals surface area contributed by atoms with Gasteiger partial charge in [0.05, 0.1) is 5.52 Å². The number of pyridine rings is 1. The van der Waals surface area contributed by atoms with E-state index in [9.17, 15) is 0 Å². The Hall–Kier alpha value is -2.89. The first-order valence-corrected chi connectivity index (χ1v) is 7.06. The van der Waals surface area contributed by atoms with Crippen molar-refractivity contribution in [3.8, 4) is 0 Å². The summed E-state index contributed by atoms with van der Waals surface area (Å²) in [6, 6.07) is 3.59. The molecular formula is C16H22N6. The van der Waals surface area contributed by atoms with Crippen molar-refractivity contribution in [3.05, 3.63) is 48.7 Å². The summed E-state index contributed by atoms with van der Waals surface area (Å²) in [6.07, 6.45) is 7.37. The Kier molecular flexibility index (Phi) is 6.56. The molecule has 0 aliphatic heterocycles. The Bertz CT molecular complexity index is 703. The highest BCUT2D eigenvalue weighted by Crippen LogP contribution is 2.19. The van der Waals surface area contributed by atoms with Crippen molar-refractivity contribution in [1.29, 1.82) is 0 Å². The van der Waals surface area contributed by atoms with Crippen molar-refractivity contribution in [3.63, 3.8) is 0 Å². The van der Waals surface area contributed by atoms with Crippen LogP contribution < -0.4 is 16.8 Å². The normalized spacial score (nSPS) is 11.1. The van der Waals surface area contributed by atoms with Crippen LogP contribution in [0.3, 0.4) is 0 Å². The van der Waals surface area contributed by atoms with Crippen molar-refractivity contribution in [2.24, 2.45) is 0 Å². The van der Waals surface area contributed by atoms with Crippen molar-refractivity contribution in [2.75, 3.05) is 16.8 Å². The monoisotopic (exact) mass is 298 g/mol. The number of anilines is 3. The van der Waals surface area contributed by atoms with Crippen LogP contribution in [-0.2, 0) is 0 Å². The Balaban J connectivity index is 0.00000116. The van der Waals surface area contributed by atoms with E-state index in [-0.39, 0.29) is 11.8 Å². The van der Waals surface area contributed by atoms with E-state index in [4.69, 9.17) is 11.5 Å². The minimum absolute atomic E-state index is 0.138. The zero-order valence-corrected chi connectivity index (χ0v) is 13.2. The van der Waals surface area contributed by atoms with Gasteiger partial charge < -0.3 is 16.8 Å². The highest BCUT2D eigenvalue weighted by atomic mass is 15.1. The first-order valence-electron chi connectivity index (χ1n) is 7.06. The van der Waals surface area contributed by atoms with Gasteiger partial charge in [0.1, 0.15) is 11.3 Å². The number of allylic oxidation sites excluding steroid dienone is 4. The SMILES string of the molecule is C=C/C=C(\C=C/C)Nc1ccc2nc(N)nc(N)c2n1.CC. The number of hydrogen-bond donors (Lipinski definition) is 3. The van der Waals surface area contributed by atoms with Crippen LogP contribution in [0.4, 0.5) is 17.6 Å². The molecule has 0 aromatic carbocycles. The van der Waals surface area contributed by atoms with Gasteiger partial charge in [0.2, 0.25) is 5.95 Å². The van der Waals surface area contributed by atoms with Gasteiger partial charge in [-0.2, -0.15) is 4.98 Å². The Morgan fingerprint density at radius 2 is 1.91 bits per heavy atom. The third kappa shape index (κ3) is 4.31. The van der Waals surface area contributed by atoms with Crippen LogP contribution in [0.2, 0.25) is 0 Å². The summed E-state index contributed by atoms with van der Waals surface area (Å²) in [6.45, 7) is 9.61. The van der Waals surface area contributed by atoms with Gasteiger partial charge in [-0.05, 0) is 31.2 Å². The number of fused-ring (bicyclic) bond motifs is 1. The molecule has 6 nitrogen and oxygen atoms in total. The molecule has 0 fully saturated rings. The van der Waals surface area contributed by atoms with E-state index in [1.807, 2.05) is 39.0 Å².